The van der Waals surface area contributed by atoms with Crippen molar-refractivity contribution in [2.24, 2.45) is 5.41 Å². The van der Waals surface area contributed by atoms with Crippen molar-refractivity contribution in [1.82, 2.24) is 10.6 Å². The highest BCUT2D eigenvalue weighted by atomic mass is 35.5. The summed E-state index contributed by atoms with van der Waals surface area (Å²) in [6, 6.07) is 15.0. The van der Waals surface area contributed by atoms with Gasteiger partial charge in [-0.15, -0.1) is 12.4 Å². The average molecular weight is 409 g/mol. The Bertz CT molecular complexity index is 724. The highest BCUT2D eigenvalue weighted by Crippen LogP contribution is 2.29. The fraction of sp³-hybridized carbons (Fsp3) is 0.476. The fourth-order valence-corrected chi connectivity index (χ4v) is 4.51. The van der Waals surface area contributed by atoms with Gasteiger partial charge in [-0.3, -0.25) is 4.79 Å². The van der Waals surface area contributed by atoms with E-state index in [9.17, 15) is 4.79 Å². The lowest BCUT2D eigenvalue weighted by Gasteiger charge is -2.35. The van der Waals surface area contributed by atoms with Crippen LogP contribution < -0.4 is 10.6 Å². The molecule has 0 spiro atoms. The smallest absolute Gasteiger partial charge is 0.228 e. The third kappa shape index (κ3) is 5.61. The highest BCUT2D eigenvalue weighted by Gasteiger charge is 2.39. The summed E-state index contributed by atoms with van der Waals surface area (Å²) in [6.07, 6.45) is 1.69. The number of carbonyl (C=O) groups is 1. The minimum absolute atomic E-state index is 0. The Morgan fingerprint density at radius 1 is 1.19 bits per heavy atom. The van der Waals surface area contributed by atoms with Crippen LogP contribution in [-0.2, 0) is 15.3 Å². The second-order valence-electron chi connectivity index (χ2n) is 6.91. The Hall–Kier alpha value is -1.27. The second kappa shape index (κ2) is 10.9. The molecule has 2 aromatic rings. The van der Waals surface area contributed by atoms with Gasteiger partial charge >= 0.3 is 0 Å². The van der Waals surface area contributed by atoms with Gasteiger partial charge in [-0.1, -0.05) is 42.5 Å². The predicted octanol–water partition coefficient (Wildman–Crippen LogP) is 3.63. The van der Waals surface area contributed by atoms with E-state index in [-0.39, 0.29) is 23.7 Å². The third-order valence-corrected chi connectivity index (χ3v) is 6.14. The Balaban J connectivity index is 0.00000261. The number of benzene rings is 2. The number of hydrogen-bond acceptors (Lipinski definition) is 4. The van der Waals surface area contributed by atoms with Gasteiger partial charge in [0.1, 0.15) is 0 Å². The molecule has 0 aliphatic carbocycles. The summed E-state index contributed by atoms with van der Waals surface area (Å²) < 4.78 is 5.34. The van der Waals surface area contributed by atoms with Crippen LogP contribution in [0.3, 0.4) is 0 Å². The molecular weight excluding hydrogens is 380 g/mol. The number of thioether (sulfide) groups is 1. The number of nitrogens with one attached hydrogen (secondary N) is 2. The van der Waals surface area contributed by atoms with E-state index in [0.717, 1.165) is 37.4 Å². The van der Waals surface area contributed by atoms with Crippen LogP contribution in [0.5, 0.6) is 0 Å². The van der Waals surface area contributed by atoms with Crippen LogP contribution in [0.25, 0.3) is 10.8 Å². The van der Waals surface area contributed by atoms with Crippen LogP contribution in [0.15, 0.2) is 42.5 Å². The Morgan fingerprint density at radius 3 is 2.70 bits per heavy atom. The zero-order chi connectivity index (χ0) is 18.2. The molecule has 1 fully saturated rings. The first-order valence-corrected chi connectivity index (χ1v) is 10.4. The van der Waals surface area contributed by atoms with E-state index in [1.54, 1.807) is 7.11 Å². The van der Waals surface area contributed by atoms with Crippen molar-refractivity contribution in [2.75, 3.05) is 39.1 Å². The first kappa shape index (κ1) is 22.0. The number of methoxy groups -OCH3 is 1. The van der Waals surface area contributed by atoms with Crippen LogP contribution in [-0.4, -0.2) is 45.0 Å². The van der Waals surface area contributed by atoms with Crippen molar-refractivity contribution in [2.45, 2.75) is 18.6 Å². The largest absolute Gasteiger partial charge is 0.384 e. The minimum Gasteiger partial charge on any atom is -0.384 e. The average Bonchev–Trinajstić information content (AvgIpc) is 2.68. The number of carbonyl (C=O) groups excluding carboxylic acids is 1. The summed E-state index contributed by atoms with van der Waals surface area (Å²) in [5.41, 5.74) is 0.994. The Labute approximate surface area is 172 Å². The van der Waals surface area contributed by atoms with Crippen molar-refractivity contribution >= 4 is 40.8 Å². The molecule has 1 heterocycles. The molecule has 1 aliphatic rings. The van der Waals surface area contributed by atoms with E-state index in [4.69, 9.17) is 4.74 Å². The number of rotatable bonds is 8. The van der Waals surface area contributed by atoms with Crippen LogP contribution in [0.2, 0.25) is 0 Å². The monoisotopic (exact) mass is 408 g/mol. The standard InChI is InChI=1S/C21H28N2O2S.ClH/c1-25-16-21(9-11-22-12-10-21)20(24)23-13-14-26-15-18-7-4-6-17-5-2-3-8-19(17)18;/h2-8,22H,9-16H2,1H3,(H,23,24);1H. The summed E-state index contributed by atoms with van der Waals surface area (Å²) in [5.74, 6) is 2.02. The van der Waals surface area contributed by atoms with Gasteiger partial charge in [-0.05, 0) is 42.3 Å². The summed E-state index contributed by atoms with van der Waals surface area (Å²) in [5, 5.41) is 9.06. The van der Waals surface area contributed by atoms with E-state index >= 15 is 0 Å². The van der Waals surface area contributed by atoms with Crippen molar-refractivity contribution in [3.63, 3.8) is 0 Å². The van der Waals surface area contributed by atoms with Crippen molar-refractivity contribution in [1.29, 1.82) is 0 Å². The molecule has 0 saturated carbocycles. The lowest BCUT2D eigenvalue weighted by atomic mass is 9.78. The Kier molecular flexibility index (Phi) is 8.90. The summed E-state index contributed by atoms with van der Waals surface area (Å²) >= 11 is 1.86. The molecule has 0 atom stereocenters. The van der Waals surface area contributed by atoms with Gasteiger partial charge in [-0.2, -0.15) is 11.8 Å². The van der Waals surface area contributed by atoms with Gasteiger partial charge in [0.25, 0.3) is 0 Å². The van der Waals surface area contributed by atoms with Crippen molar-refractivity contribution in [3.8, 4) is 0 Å². The fourth-order valence-electron chi connectivity index (χ4n) is 3.64. The predicted molar refractivity (Wildman–Crippen MR) is 117 cm³/mol. The molecule has 1 aliphatic heterocycles. The number of ether oxygens (including phenoxy) is 1. The number of piperidine rings is 1. The molecule has 6 heteroatoms. The maximum absolute atomic E-state index is 12.7. The zero-order valence-electron chi connectivity index (χ0n) is 15.8. The van der Waals surface area contributed by atoms with Gasteiger partial charge in [0.2, 0.25) is 5.91 Å². The van der Waals surface area contributed by atoms with Crippen molar-refractivity contribution in [3.05, 3.63) is 48.0 Å². The van der Waals surface area contributed by atoms with Crippen molar-refractivity contribution < 1.29 is 9.53 Å². The van der Waals surface area contributed by atoms with Gasteiger partial charge in [0, 0.05) is 25.2 Å². The van der Waals surface area contributed by atoms with Gasteiger partial charge in [0.15, 0.2) is 0 Å². The molecule has 0 aromatic heterocycles. The molecule has 148 valence electrons. The lowest BCUT2D eigenvalue weighted by Crippen LogP contribution is -2.50. The molecule has 1 amide bonds. The molecular formula is C21H29ClN2O2S. The molecule has 0 radical (unpaired) electrons. The maximum Gasteiger partial charge on any atom is 0.228 e. The van der Waals surface area contributed by atoms with E-state index in [2.05, 4.69) is 53.1 Å². The summed E-state index contributed by atoms with van der Waals surface area (Å²) in [4.78, 5) is 12.7. The summed E-state index contributed by atoms with van der Waals surface area (Å²) in [6.45, 7) is 2.97. The first-order chi connectivity index (χ1) is 12.7. The molecule has 3 rings (SSSR count). The third-order valence-electron chi connectivity index (χ3n) is 5.13. The minimum atomic E-state index is -0.361. The molecule has 2 aromatic carbocycles. The number of amides is 1. The highest BCUT2D eigenvalue weighted by molar-refractivity contribution is 7.98. The molecule has 0 bridgehead atoms. The lowest BCUT2D eigenvalue weighted by molar-refractivity contribution is -0.136. The number of halogens is 1. The van der Waals surface area contributed by atoms with Gasteiger partial charge in [-0.25, -0.2) is 0 Å². The van der Waals surface area contributed by atoms with Crippen LogP contribution in [0.4, 0.5) is 0 Å². The summed E-state index contributed by atoms with van der Waals surface area (Å²) in [7, 11) is 1.68. The molecule has 2 N–H and O–H groups in total. The van der Waals surface area contributed by atoms with Gasteiger partial charge < -0.3 is 15.4 Å². The number of hydrogen-bond donors (Lipinski definition) is 2. The van der Waals surface area contributed by atoms with Crippen LogP contribution >= 0.6 is 24.2 Å². The number of fused-ring (bicyclic) bond motifs is 1. The van der Waals surface area contributed by atoms with Gasteiger partial charge in [0.05, 0.1) is 12.0 Å². The Morgan fingerprint density at radius 2 is 1.93 bits per heavy atom. The quantitative estimate of drug-likeness (QED) is 0.655. The SMILES string of the molecule is COCC1(C(=O)NCCSCc2cccc3ccccc23)CCNCC1.Cl. The van der Waals surface area contributed by atoms with Crippen LogP contribution in [0, 0.1) is 5.41 Å². The second-order valence-corrected chi connectivity index (χ2v) is 8.02. The molecule has 0 unspecified atom stereocenters. The van der Waals surface area contributed by atoms with Crippen LogP contribution in [0.1, 0.15) is 18.4 Å². The molecule has 1 saturated heterocycles. The van der Waals surface area contributed by atoms with E-state index < -0.39 is 0 Å². The van der Waals surface area contributed by atoms with E-state index in [1.165, 1.54) is 16.3 Å². The maximum atomic E-state index is 12.7. The van der Waals surface area contributed by atoms with E-state index in [1.807, 2.05) is 11.8 Å². The normalized spacial score (nSPS) is 15.9. The molecule has 27 heavy (non-hydrogen) atoms. The zero-order valence-corrected chi connectivity index (χ0v) is 17.5. The molecule has 4 nitrogen and oxygen atoms in total. The van der Waals surface area contributed by atoms with E-state index in [0.29, 0.717) is 13.2 Å². The first-order valence-electron chi connectivity index (χ1n) is 9.27. The topological polar surface area (TPSA) is 50.4 Å².